The predicted molar refractivity (Wildman–Crippen MR) is 112 cm³/mol. The molecule has 0 spiro atoms. The number of nitrogens with one attached hydrogen (secondary N) is 2. The molecule has 2 unspecified atom stereocenters. The minimum atomic E-state index is -0.432. The Kier molecular flexibility index (Phi) is 6.37. The molecule has 2 aromatic rings. The van der Waals surface area contributed by atoms with Crippen molar-refractivity contribution in [1.82, 2.24) is 20.7 Å². The van der Waals surface area contributed by atoms with Crippen molar-refractivity contribution < 1.29 is 9.18 Å². The van der Waals surface area contributed by atoms with Gasteiger partial charge in [0, 0.05) is 47.8 Å². The molecule has 0 aliphatic carbocycles. The molecule has 2 aliphatic heterocycles. The minimum absolute atomic E-state index is 0.00657. The molecular formula is C21H23Cl2FN4O. The summed E-state index contributed by atoms with van der Waals surface area (Å²) in [5, 5.41) is 1.03. The minimum Gasteiger partial charge on any atom is -0.340 e. The maximum absolute atomic E-state index is 14.0. The Morgan fingerprint density at radius 2 is 1.76 bits per heavy atom. The smallest absolute Gasteiger partial charge is 0.227 e. The van der Waals surface area contributed by atoms with Crippen LogP contribution in [0.1, 0.15) is 23.6 Å². The first-order valence-corrected chi connectivity index (χ1v) is 10.5. The van der Waals surface area contributed by atoms with Crippen LogP contribution < -0.4 is 10.9 Å². The van der Waals surface area contributed by atoms with Gasteiger partial charge in [0.25, 0.3) is 0 Å². The molecule has 2 N–H and O–H groups in total. The Morgan fingerprint density at radius 1 is 1.03 bits per heavy atom. The molecule has 2 aliphatic rings. The van der Waals surface area contributed by atoms with E-state index < -0.39 is 5.82 Å². The van der Waals surface area contributed by atoms with Crippen LogP contribution in [0.5, 0.6) is 0 Å². The second kappa shape index (κ2) is 8.98. The zero-order valence-corrected chi connectivity index (χ0v) is 17.4. The van der Waals surface area contributed by atoms with Gasteiger partial charge in [0.1, 0.15) is 5.82 Å². The van der Waals surface area contributed by atoms with Gasteiger partial charge in [-0.05, 0) is 36.2 Å². The fourth-order valence-corrected chi connectivity index (χ4v) is 4.30. The summed E-state index contributed by atoms with van der Waals surface area (Å²) in [6.45, 7) is 2.77. The second-order valence-electron chi connectivity index (χ2n) is 7.44. The van der Waals surface area contributed by atoms with Crippen LogP contribution in [-0.4, -0.2) is 48.1 Å². The molecule has 154 valence electrons. The first-order chi connectivity index (χ1) is 14.0. The van der Waals surface area contributed by atoms with E-state index >= 15 is 0 Å². The lowest BCUT2D eigenvalue weighted by atomic mass is 10.0. The highest BCUT2D eigenvalue weighted by atomic mass is 35.5. The number of halogens is 3. The van der Waals surface area contributed by atoms with E-state index in [4.69, 9.17) is 23.2 Å². The first-order valence-electron chi connectivity index (χ1n) is 9.72. The number of hydrogen-bond donors (Lipinski definition) is 2. The summed E-state index contributed by atoms with van der Waals surface area (Å²) in [6, 6.07) is 12.6. The average Bonchev–Trinajstić information content (AvgIpc) is 3.21. The van der Waals surface area contributed by atoms with Crippen LogP contribution in [0.25, 0.3) is 0 Å². The number of benzene rings is 2. The Bertz CT molecular complexity index is 851. The van der Waals surface area contributed by atoms with E-state index in [1.807, 2.05) is 24.3 Å². The summed E-state index contributed by atoms with van der Waals surface area (Å²) in [7, 11) is 0. The van der Waals surface area contributed by atoms with Gasteiger partial charge in [0.05, 0.1) is 12.6 Å². The average molecular weight is 437 g/mol. The fraction of sp³-hybridized carbons (Fsp3) is 0.381. The highest BCUT2D eigenvalue weighted by molar-refractivity contribution is 6.31. The molecule has 0 saturated carbocycles. The van der Waals surface area contributed by atoms with E-state index in [2.05, 4.69) is 15.8 Å². The van der Waals surface area contributed by atoms with E-state index in [1.54, 1.807) is 17.0 Å². The van der Waals surface area contributed by atoms with E-state index in [0.29, 0.717) is 18.1 Å². The lowest BCUT2D eigenvalue weighted by Crippen LogP contribution is -2.55. The maximum Gasteiger partial charge on any atom is 0.227 e. The standard InChI is InChI=1S/C21H23Cl2FN4O/c22-15-6-4-14(5-7-15)19-13-20(26-25-19)27-8-10-28(11-9-27)21(29)12-16-17(23)2-1-3-18(16)24/h1-7,19-20,25-26H,8-13H2. The molecule has 2 saturated heterocycles. The van der Waals surface area contributed by atoms with Gasteiger partial charge in [-0.1, -0.05) is 41.4 Å². The third-order valence-electron chi connectivity index (χ3n) is 5.65. The third-order valence-corrected chi connectivity index (χ3v) is 6.26. The van der Waals surface area contributed by atoms with Crippen molar-refractivity contribution in [2.75, 3.05) is 26.2 Å². The largest absolute Gasteiger partial charge is 0.340 e. The molecule has 0 radical (unpaired) electrons. The van der Waals surface area contributed by atoms with Crippen LogP contribution in [-0.2, 0) is 11.2 Å². The van der Waals surface area contributed by atoms with Crippen LogP contribution in [0, 0.1) is 5.82 Å². The van der Waals surface area contributed by atoms with Gasteiger partial charge >= 0.3 is 0 Å². The topological polar surface area (TPSA) is 47.6 Å². The summed E-state index contributed by atoms with van der Waals surface area (Å²) in [4.78, 5) is 16.7. The second-order valence-corrected chi connectivity index (χ2v) is 8.28. The summed E-state index contributed by atoms with van der Waals surface area (Å²) in [5.74, 6) is -0.521. The Balaban J connectivity index is 1.29. The van der Waals surface area contributed by atoms with Crippen molar-refractivity contribution in [2.24, 2.45) is 0 Å². The van der Waals surface area contributed by atoms with Crippen molar-refractivity contribution in [1.29, 1.82) is 0 Å². The summed E-state index contributed by atoms with van der Waals surface area (Å²) >= 11 is 12.0. The molecule has 2 aromatic carbocycles. The number of rotatable bonds is 4. The van der Waals surface area contributed by atoms with Crippen molar-refractivity contribution >= 4 is 29.1 Å². The molecule has 2 heterocycles. The normalized spacial score (nSPS) is 22.8. The molecule has 0 aromatic heterocycles. The summed E-state index contributed by atoms with van der Waals surface area (Å²) in [6.07, 6.45) is 1.13. The fourth-order valence-electron chi connectivity index (χ4n) is 3.94. The summed E-state index contributed by atoms with van der Waals surface area (Å²) in [5.41, 5.74) is 8.17. The number of piperazine rings is 1. The summed E-state index contributed by atoms with van der Waals surface area (Å²) < 4.78 is 14.0. The van der Waals surface area contributed by atoms with Crippen molar-refractivity contribution in [2.45, 2.75) is 25.0 Å². The van der Waals surface area contributed by atoms with E-state index in [-0.39, 0.29) is 30.1 Å². The molecule has 2 fully saturated rings. The first kappa shape index (κ1) is 20.6. The van der Waals surface area contributed by atoms with E-state index in [0.717, 1.165) is 24.5 Å². The molecule has 5 nitrogen and oxygen atoms in total. The van der Waals surface area contributed by atoms with Gasteiger partial charge < -0.3 is 4.90 Å². The van der Waals surface area contributed by atoms with Crippen LogP contribution in [0.15, 0.2) is 42.5 Å². The van der Waals surface area contributed by atoms with Gasteiger partial charge in [-0.25, -0.2) is 15.2 Å². The lowest BCUT2D eigenvalue weighted by molar-refractivity contribution is -0.132. The molecule has 4 rings (SSSR count). The van der Waals surface area contributed by atoms with Crippen molar-refractivity contribution in [3.8, 4) is 0 Å². The van der Waals surface area contributed by atoms with Crippen LogP contribution in [0.4, 0.5) is 4.39 Å². The zero-order chi connectivity index (χ0) is 20.4. The van der Waals surface area contributed by atoms with Gasteiger partial charge in [0.2, 0.25) is 5.91 Å². The number of nitrogens with zero attached hydrogens (tertiary/aromatic N) is 2. The van der Waals surface area contributed by atoms with Gasteiger partial charge in [-0.2, -0.15) is 0 Å². The van der Waals surface area contributed by atoms with Gasteiger partial charge in [-0.3, -0.25) is 9.69 Å². The monoisotopic (exact) mass is 436 g/mol. The van der Waals surface area contributed by atoms with E-state index in [9.17, 15) is 9.18 Å². The number of carbonyl (C=O) groups is 1. The number of amides is 1. The number of hydrogen-bond acceptors (Lipinski definition) is 4. The molecule has 29 heavy (non-hydrogen) atoms. The number of carbonyl (C=O) groups excluding carboxylic acids is 1. The molecule has 8 heteroatoms. The van der Waals surface area contributed by atoms with Crippen molar-refractivity contribution in [3.63, 3.8) is 0 Å². The molecule has 1 amide bonds. The number of hydrazine groups is 1. The van der Waals surface area contributed by atoms with Crippen LogP contribution in [0.3, 0.4) is 0 Å². The quantitative estimate of drug-likeness (QED) is 0.770. The Hall–Kier alpha value is -1.70. The van der Waals surface area contributed by atoms with Crippen LogP contribution >= 0.6 is 23.2 Å². The van der Waals surface area contributed by atoms with Gasteiger partial charge in [-0.15, -0.1) is 0 Å². The molecule has 2 atom stereocenters. The highest BCUT2D eigenvalue weighted by Crippen LogP contribution is 2.26. The Morgan fingerprint density at radius 3 is 2.45 bits per heavy atom. The highest BCUT2D eigenvalue weighted by Gasteiger charge is 2.32. The Labute approximate surface area is 179 Å². The predicted octanol–water partition coefficient (Wildman–Crippen LogP) is 3.38. The zero-order valence-electron chi connectivity index (χ0n) is 15.9. The van der Waals surface area contributed by atoms with Crippen LogP contribution in [0.2, 0.25) is 10.0 Å². The van der Waals surface area contributed by atoms with Crippen molar-refractivity contribution in [3.05, 3.63) is 69.5 Å². The SMILES string of the molecule is O=C(Cc1c(F)cccc1Cl)N1CCN(C2CC(c3ccc(Cl)cc3)NN2)CC1. The lowest BCUT2D eigenvalue weighted by Gasteiger charge is -2.37. The molecular weight excluding hydrogens is 414 g/mol. The maximum atomic E-state index is 14.0. The third kappa shape index (κ3) is 4.73. The van der Waals surface area contributed by atoms with Gasteiger partial charge in [0.15, 0.2) is 0 Å². The molecule has 0 bridgehead atoms. The van der Waals surface area contributed by atoms with E-state index in [1.165, 1.54) is 11.6 Å².